The smallest absolute Gasteiger partial charge is 0.0145 e. The summed E-state index contributed by atoms with van der Waals surface area (Å²) in [6.07, 6.45) is 8.54. The van der Waals surface area contributed by atoms with E-state index in [2.05, 4.69) is 24.1 Å². The molecule has 0 amide bonds. The van der Waals surface area contributed by atoms with E-state index in [1.807, 2.05) is 0 Å². The van der Waals surface area contributed by atoms with Crippen LogP contribution < -0.4 is 5.32 Å². The first-order chi connectivity index (χ1) is 8.31. The maximum Gasteiger partial charge on any atom is 0.0145 e. The molecule has 0 bridgehead atoms. The van der Waals surface area contributed by atoms with Gasteiger partial charge in [0, 0.05) is 6.04 Å². The van der Waals surface area contributed by atoms with Gasteiger partial charge in [-0.15, -0.1) is 0 Å². The molecule has 0 saturated carbocycles. The van der Waals surface area contributed by atoms with Crippen molar-refractivity contribution in [2.75, 3.05) is 26.2 Å². The second kappa shape index (κ2) is 6.75. The van der Waals surface area contributed by atoms with Crippen LogP contribution in [0.3, 0.4) is 0 Å². The van der Waals surface area contributed by atoms with Crippen molar-refractivity contribution in [2.24, 2.45) is 11.8 Å². The Labute approximate surface area is 107 Å². The molecule has 100 valence electrons. The molecule has 0 radical (unpaired) electrons. The number of hydrogen-bond acceptors (Lipinski definition) is 2. The summed E-state index contributed by atoms with van der Waals surface area (Å²) in [5, 5.41) is 3.52. The Balaban J connectivity index is 1.84. The Morgan fingerprint density at radius 2 is 2.06 bits per heavy atom. The standard InChI is InChI=1S/C15H30N2/c1-3-5-14-6-4-10-17(11-8-14)15-7-9-16-12-13(15)2/h13-16H,3-12H2,1-2H3. The summed E-state index contributed by atoms with van der Waals surface area (Å²) in [4.78, 5) is 2.81. The zero-order valence-electron chi connectivity index (χ0n) is 11.8. The summed E-state index contributed by atoms with van der Waals surface area (Å²) in [5.74, 6) is 1.86. The zero-order valence-corrected chi connectivity index (χ0v) is 11.8. The van der Waals surface area contributed by atoms with Crippen molar-refractivity contribution in [3.05, 3.63) is 0 Å². The summed E-state index contributed by atoms with van der Waals surface area (Å²) in [6, 6.07) is 0.858. The summed E-state index contributed by atoms with van der Waals surface area (Å²) in [6.45, 7) is 9.92. The molecule has 2 fully saturated rings. The number of rotatable bonds is 3. The normalized spacial score (nSPS) is 36.7. The first-order valence-electron chi connectivity index (χ1n) is 7.76. The van der Waals surface area contributed by atoms with E-state index >= 15 is 0 Å². The molecule has 2 nitrogen and oxygen atoms in total. The second-order valence-electron chi connectivity index (χ2n) is 6.16. The van der Waals surface area contributed by atoms with Crippen LogP contribution in [-0.4, -0.2) is 37.1 Å². The molecule has 2 aliphatic rings. The van der Waals surface area contributed by atoms with Crippen LogP contribution in [0.5, 0.6) is 0 Å². The third kappa shape index (κ3) is 3.69. The first-order valence-corrected chi connectivity index (χ1v) is 7.76. The van der Waals surface area contributed by atoms with Gasteiger partial charge >= 0.3 is 0 Å². The molecule has 2 heterocycles. The van der Waals surface area contributed by atoms with Gasteiger partial charge in [0.15, 0.2) is 0 Å². The number of nitrogens with zero attached hydrogens (tertiary/aromatic N) is 1. The minimum absolute atomic E-state index is 0.839. The SMILES string of the molecule is CCCC1CCCN(C2CCNCC2C)CC1. The summed E-state index contributed by atoms with van der Waals surface area (Å²) in [5.41, 5.74) is 0. The van der Waals surface area contributed by atoms with E-state index in [1.54, 1.807) is 0 Å². The van der Waals surface area contributed by atoms with Crippen molar-refractivity contribution in [2.45, 2.75) is 58.4 Å². The Hall–Kier alpha value is -0.0800. The molecule has 0 aliphatic carbocycles. The molecule has 0 aromatic carbocycles. The van der Waals surface area contributed by atoms with Gasteiger partial charge in [0.1, 0.15) is 0 Å². The van der Waals surface area contributed by atoms with Crippen LogP contribution >= 0.6 is 0 Å². The van der Waals surface area contributed by atoms with Crippen LogP contribution in [0, 0.1) is 11.8 Å². The molecule has 0 spiro atoms. The van der Waals surface area contributed by atoms with Crippen molar-refractivity contribution < 1.29 is 0 Å². The van der Waals surface area contributed by atoms with E-state index in [1.165, 1.54) is 64.7 Å². The van der Waals surface area contributed by atoms with Crippen molar-refractivity contribution in [1.82, 2.24) is 10.2 Å². The lowest BCUT2D eigenvalue weighted by molar-refractivity contribution is 0.122. The summed E-state index contributed by atoms with van der Waals surface area (Å²) >= 11 is 0. The Morgan fingerprint density at radius 3 is 2.82 bits per heavy atom. The third-order valence-corrected chi connectivity index (χ3v) is 4.79. The average molecular weight is 238 g/mol. The minimum atomic E-state index is 0.839. The molecule has 3 atom stereocenters. The van der Waals surface area contributed by atoms with Crippen LogP contribution in [-0.2, 0) is 0 Å². The van der Waals surface area contributed by atoms with Crippen molar-refractivity contribution in [3.63, 3.8) is 0 Å². The molecule has 1 N–H and O–H groups in total. The van der Waals surface area contributed by atoms with Crippen LogP contribution in [0.25, 0.3) is 0 Å². The van der Waals surface area contributed by atoms with Gasteiger partial charge in [-0.1, -0.05) is 26.7 Å². The molecule has 2 aliphatic heterocycles. The lowest BCUT2D eigenvalue weighted by Crippen LogP contribution is -2.49. The summed E-state index contributed by atoms with van der Waals surface area (Å²) < 4.78 is 0. The van der Waals surface area contributed by atoms with Crippen molar-refractivity contribution >= 4 is 0 Å². The quantitative estimate of drug-likeness (QED) is 0.813. The molecule has 0 aromatic rings. The van der Waals surface area contributed by atoms with Gasteiger partial charge in [0.05, 0.1) is 0 Å². The highest BCUT2D eigenvalue weighted by Crippen LogP contribution is 2.26. The molecular weight excluding hydrogens is 208 g/mol. The van der Waals surface area contributed by atoms with Gasteiger partial charge in [-0.05, 0) is 63.7 Å². The average Bonchev–Trinajstić information content (AvgIpc) is 2.56. The molecule has 3 unspecified atom stereocenters. The van der Waals surface area contributed by atoms with Gasteiger partial charge < -0.3 is 10.2 Å². The predicted octanol–water partition coefficient (Wildman–Crippen LogP) is 2.89. The van der Waals surface area contributed by atoms with Gasteiger partial charge in [-0.3, -0.25) is 0 Å². The van der Waals surface area contributed by atoms with E-state index in [4.69, 9.17) is 0 Å². The Bertz CT molecular complexity index is 217. The highest BCUT2D eigenvalue weighted by atomic mass is 15.2. The lowest BCUT2D eigenvalue weighted by atomic mass is 9.93. The number of hydrogen-bond donors (Lipinski definition) is 1. The Kier molecular flexibility index (Phi) is 5.30. The van der Waals surface area contributed by atoms with Gasteiger partial charge in [0.25, 0.3) is 0 Å². The zero-order chi connectivity index (χ0) is 12.1. The van der Waals surface area contributed by atoms with E-state index in [-0.39, 0.29) is 0 Å². The van der Waals surface area contributed by atoms with Gasteiger partial charge in [-0.25, -0.2) is 0 Å². The summed E-state index contributed by atoms with van der Waals surface area (Å²) in [7, 11) is 0. The highest BCUT2D eigenvalue weighted by Gasteiger charge is 2.28. The molecule has 0 aromatic heterocycles. The van der Waals surface area contributed by atoms with Crippen LogP contribution in [0.1, 0.15) is 52.4 Å². The molecule has 17 heavy (non-hydrogen) atoms. The predicted molar refractivity (Wildman–Crippen MR) is 74.3 cm³/mol. The largest absolute Gasteiger partial charge is 0.316 e. The highest BCUT2D eigenvalue weighted by molar-refractivity contribution is 4.84. The lowest BCUT2D eigenvalue weighted by Gasteiger charge is -2.38. The number of likely N-dealkylation sites (tertiary alicyclic amines) is 1. The monoisotopic (exact) mass is 238 g/mol. The topological polar surface area (TPSA) is 15.3 Å². The van der Waals surface area contributed by atoms with Gasteiger partial charge in [0.2, 0.25) is 0 Å². The maximum absolute atomic E-state index is 3.52. The Morgan fingerprint density at radius 1 is 1.18 bits per heavy atom. The van der Waals surface area contributed by atoms with Crippen molar-refractivity contribution in [1.29, 1.82) is 0 Å². The molecule has 2 saturated heterocycles. The number of nitrogens with one attached hydrogen (secondary N) is 1. The van der Waals surface area contributed by atoms with E-state index in [0.29, 0.717) is 0 Å². The molecule has 2 heteroatoms. The van der Waals surface area contributed by atoms with E-state index in [9.17, 15) is 0 Å². The van der Waals surface area contributed by atoms with Crippen LogP contribution in [0.2, 0.25) is 0 Å². The maximum atomic E-state index is 3.52. The van der Waals surface area contributed by atoms with Crippen LogP contribution in [0.4, 0.5) is 0 Å². The second-order valence-corrected chi connectivity index (χ2v) is 6.16. The molecule has 2 rings (SSSR count). The fraction of sp³-hybridized carbons (Fsp3) is 1.00. The van der Waals surface area contributed by atoms with E-state index < -0.39 is 0 Å². The molecular formula is C15H30N2. The van der Waals surface area contributed by atoms with Gasteiger partial charge in [-0.2, -0.15) is 0 Å². The van der Waals surface area contributed by atoms with Crippen LogP contribution in [0.15, 0.2) is 0 Å². The van der Waals surface area contributed by atoms with E-state index in [0.717, 1.165) is 17.9 Å². The fourth-order valence-electron chi connectivity index (χ4n) is 3.76. The number of piperidine rings is 1. The van der Waals surface area contributed by atoms with Crippen molar-refractivity contribution in [3.8, 4) is 0 Å². The minimum Gasteiger partial charge on any atom is -0.316 e. The fourth-order valence-corrected chi connectivity index (χ4v) is 3.76. The third-order valence-electron chi connectivity index (χ3n) is 4.79. The first kappa shape index (κ1) is 13.4.